The van der Waals surface area contributed by atoms with Crippen LogP contribution in [0.4, 0.5) is 0 Å². The first-order valence-corrected chi connectivity index (χ1v) is 6.66. The highest BCUT2D eigenvalue weighted by atomic mass is 16.5. The summed E-state index contributed by atoms with van der Waals surface area (Å²) in [6.45, 7) is 0.311. The molecule has 1 amide bonds. The van der Waals surface area contributed by atoms with Crippen molar-refractivity contribution in [1.82, 2.24) is 5.32 Å². The number of furan rings is 1. The van der Waals surface area contributed by atoms with Gasteiger partial charge in [-0.05, 0) is 24.3 Å². The number of fused-ring (bicyclic) bond motifs is 1. The van der Waals surface area contributed by atoms with Crippen LogP contribution in [0.3, 0.4) is 0 Å². The van der Waals surface area contributed by atoms with Crippen LogP contribution in [-0.4, -0.2) is 24.2 Å². The summed E-state index contributed by atoms with van der Waals surface area (Å²) in [6, 6.07) is 10.9. The fourth-order valence-electron chi connectivity index (χ4n) is 2.13. The molecule has 5 nitrogen and oxygen atoms in total. The first-order chi connectivity index (χ1) is 10.2. The molecule has 1 aromatic heterocycles. The van der Waals surface area contributed by atoms with E-state index in [2.05, 4.69) is 5.32 Å². The summed E-state index contributed by atoms with van der Waals surface area (Å²) in [5, 5.41) is 12.5. The summed E-state index contributed by atoms with van der Waals surface area (Å²) in [6.07, 6.45) is 2.42. The monoisotopic (exact) mass is 285 g/mol. The largest absolute Gasteiger partial charge is 0.488 e. The van der Waals surface area contributed by atoms with E-state index in [1.54, 1.807) is 18.2 Å². The van der Waals surface area contributed by atoms with Crippen LogP contribution in [0.2, 0.25) is 0 Å². The Bertz CT molecular complexity index is 661. The number of carbonyl (C=O) groups excluding carboxylic acids is 1. The van der Waals surface area contributed by atoms with Crippen molar-refractivity contribution in [3.05, 3.63) is 59.6 Å². The van der Waals surface area contributed by atoms with Crippen molar-refractivity contribution in [1.29, 1.82) is 0 Å². The second-order valence-corrected chi connectivity index (χ2v) is 4.74. The molecule has 0 fully saturated rings. The molecule has 0 saturated carbocycles. The molecule has 0 aliphatic carbocycles. The minimum Gasteiger partial charge on any atom is -0.488 e. The average molecular weight is 285 g/mol. The fourth-order valence-corrected chi connectivity index (χ4v) is 2.13. The van der Waals surface area contributed by atoms with Crippen LogP contribution in [0, 0.1) is 0 Å². The zero-order valence-corrected chi connectivity index (χ0v) is 11.3. The van der Waals surface area contributed by atoms with Gasteiger partial charge in [0.05, 0.1) is 18.4 Å². The average Bonchev–Trinajstić information content (AvgIpc) is 3.06. The number of para-hydroxylation sites is 1. The van der Waals surface area contributed by atoms with Crippen LogP contribution >= 0.6 is 0 Å². The van der Waals surface area contributed by atoms with Crippen LogP contribution in [0.15, 0.2) is 52.7 Å². The summed E-state index contributed by atoms with van der Waals surface area (Å²) in [7, 11) is 0. The highest BCUT2D eigenvalue weighted by Gasteiger charge is 2.18. The third-order valence-electron chi connectivity index (χ3n) is 3.25. The van der Waals surface area contributed by atoms with Crippen LogP contribution in [0.25, 0.3) is 6.08 Å². The molecule has 1 unspecified atom stereocenters. The molecule has 108 valence electrons. The third kappa shape index (κ3) is 2.98. The van der Waals surface area contributed by atoms with Crippen molar-refractivity contribution >= 4 is 12.0 Å². The molecule has 5 heteroatoms. The molecule has 1 aliphatic rings. The molecule has 0 radical (unpaired) electrons. The minimum absolute atomic E-state index is 0.0886. The first kappa shape index (κ1) is 13.5. The number of hydrogen-bond acceptors (Lipinski definition) is 4. The Hall–Kier alpha value is -2.53. The number of hydrogen-bond donors (Lipinski definition) is 2. The summed E-state index contributed by atoms with van der Waals surface area (Å²) >= 11 is 0. The van der Waals surface area contributed by atoms with Gasteiger partial charge in [0.25, 0.3) is 5.91 Å². The third-order valence-corrected chi connectivity index (χ3v) is 3.25. The van der Waals surface area contributed by atoms with E-state index in [0.717, 1.165) is 11.3 Å². The molecule has 2 N–H and O–H groups in total. The van der Waals surface area contributed by atoms with Gasteiger partial charge in [0, 0.05) is 5.56 Å². The van der Waals surface area contributed by atoms with Gasteiger partial charge in [0.15, 0.2) is 0 Å². The lowest BCUT2D eigenvalue weighted by Gasteiger charge is -2.18. The molecule has 3 rings (SSSR count). The Morgan fingerprint density at radius 3 is 2.95 bits per heavy atom. The number of benzene rings is 1. The van der Waals surface area contributed by atoms with Crippen LogP contribution in [-0.2, 0) is 4.79 Å². The normalized spacial score (nSPS) is 14.6. The van der Waals surface area contributed by atoms with Gasteiger partial charge in [-0.2, -0.15) is 0 Å². The van der Waals surface area contributed by atoms with E-state index >= 15 is 0 Å². The van der Waals surface area contributed by atoms with Gasteiger partial charge in [-0.25, -0.2) is 0 Å². The van der Waals surface area contributed by atoms with E-state index in [4.69, 9.17) is 9.15 Å². The number of rotatable bonds is 4. The SMILES string of the molecule is O=C(NCC(O)c1ccco1)C1=Cc2ccccc2OC1. The number of nitrogens with one attached hydrogen (secondary N) is 1. The minimum atomic E-state index is -0.860. The van der Waals surface area contributed by atoms with Gasteiger partial charge >= 0.3 is 0 Å². The summed E-state index contributed by atoms with van der Waals surface area (Å²) in [5.41, 5.74) is 1.40. The maximum Gasteiger partial charge on any atom is 0.250 e. The molecular weight excluding hydrogens is 270 g/mol. The van der Waals surface area contributed by atoms with Gasteiger partial charge in [-0.3, -0.25) is 4.79 Å². The molecule has 21 heavy (non-hydrogen) atoms. The number of amides is 1. The van der Waals surface area contributed by atoms with Crippen molar-refractivity contribution in [2.45, 2.75) is 6.10 Å². The second-order valence-electron chi connectivity index (χ2n) is 4.74. The first-order valence-electron chi connectivity index (χ1n) is 6.66. The van der Waals surface area contributed by atoms with Crippen molar-refractivity contribution in [3.63, 3.8) is 0 Å². The molecule has 0 bridgehead atoms. The number of carbonyl (C=O) groups is 1. The molecule has 1 atom stereocenters. The highest BCUT2D eigenvalue weighted by Crippen LogP contribution is 2.25. The maximum atomic E-state index is 12.1. The number of ether oxygens (including phenoxy) is 1. The predicted molar refractivity (Wildman–Crippen MR) is 76.6 cm³/mol. The van der Waals surface area contributed by atoms with Crippen molar-refractivity contribution in [3.8, 4) is 5.75 Å². The van der Waals surface area contributed by atoms with Gasteiger partial charge in [0.2, 0.25) is 0 Å². The lowest BCUT2D eigenvalue weighted by molar-refractivity contribution is -0.118. The Balaban J connectivity index is 1.63. The van der Waals surface area contributed by atoms with E-state index in [0.29, 0.717) is 11.3 Å². The van der Waals surface area contributed by atoms with Crippen molar-refractivity contribution in [2.24, 2.45) is 0 Å². The van der Waals surface area contributed by atoms with Crippen LogP contribution in [0.1, 0.15) is 17.4 Å². The van der Waals surface area contributed by atoms with Crippen molar-refractivity contribution in [2.75, 3.05) is 13.2 Å². The quantitative estimate of drug-likeness (QED) is 0.900. The Morgan fingerprint density at radius 1 is 1.29 bits per heavy atom. The molecule has 1 aliphatic heterocycles. The number of aliphatic hydroxyl groups is 1. The Labute approximate surface area is 121 Å². The summed E-state index contributed by atoms with van der Waals surface area (Å²) < 4.78 is 10.6. The predicted octanol–water partition coefficient (Wildman–Crippen LogP) is 1.91. The van der Waals surface area contributed by atoms with Gasteiger partial charge < -0.3 is 19.6 Å². The molecule has 0 saturated heterocycles. The molecular formula is C16H15NO4. The maximum absolute atomic E-state index is 12.1. The second kappa shape index (κ2) is 5.85. The molecule has 2 aromatic rings. The van der Waals surface area contributed by atoms with E-state index < -0.39 is 6.10 Å². The zero-order valence-electron chi connectivity index (χ0n) is 11.3. The molecule has 1 aromatic carbocycles. The lowest BCUT2D eigenvalue weighted by Crippen LogP contribution is -2.31. The van der Waals surface area contributed by atoms with Crippen LogP contribution in [0.5, 0.6) is 5.75 Å². The van der Waals surface area contributed by atoms with Gasteiger partial charge in [-0.1, -0.05) is 18.2 Å². The van der Waals surface area contributed by atoms with Crippen molar-refractivity contribution < 1.29 is 19.1 Å². The summed E-state index contributed by atoms with van der Waals surface area (Å²) in [4.78, 5) is 12.1. The van der Waals surface area contributed by atoms with E-state index in [1.807, 2.05) is 24.3 Å². The fraction of sp³-hybridized carbons (Fsp3) is 0.188. The highest BCUT2D eigenvalue weighted by molar-refractivity contribution is 5.99. The van der Waals surface area contributed by atoms with Gasteiger partial charge in [-0.15, -0.1) is 0 Å². The van der Waals surface area contributed by atoms with Crippen LogP contribution < -0.4 is 10.1 Å². The molecule has 2 heterocycles. The summed E-state index contributed by atoms with van der Waals surface area (Å²) in [5.74, 6) is 0.939. The topological polar surface area (TPSA) is 71.7 Å². The number of aliphatic hydroxyl groups excluding tert-OH is 1. The lowest BCUT2D eigenvalue weighted by atomic mass is 10.1. The Morgan fingerprint density at radius 2 is 2.14 bits per heavy atom. The van der Waals surface area contributed by atoms with Gasteiger partial charge in [0.1, 0.15) is 24.2 Å². The smallest absolute Gasteiger partial charge is 0.250 e. The standard InChI is InChI=1S/C16H15NO4/c18-13(15-6-3-7-20-15)9-17-16(19)12-8-11-4-1-2-5-14(11)21-10-12/h1-8,13,18H,9-10H2,(H,17,19). The molecule has 0 spiro atoms. The zero-order chi connectivity index (χ0) is 14.7. The van der Waals surface area contributed by atoms with E-state index in [9.17, 15) is 9.90 Å². The Kier molecular flexibility index (Phi) is 3.75. The van der Waals surface area contributed by atoms with E-state index in [1.165, 1.54) is 6.26 Å². The van der Waals surface area contributed by atoms with E-state index in [-0.39, 0.29) is 19.1 Å².